The summed E-state index contributed by atoms with van der Waals surface area (Å²) < 4.78 is 48.3. The second-order valence-corrected chi connectivity index (χ2v) is 9.44. The number of thiazole rings is 1. The maximum atomic E-state index is 13.5. The number of nitrogens with zero attached hydrogens (tertiary/aromatic N) is 3. The maximum Gasteiger partial charge on any atom is 0.240 e. The third-order valence-electron chi connectivity index (χ3n) is 4.51. The molecule has 0 aliphatic heterocycles. The third-order valence-corrected chi connectivity index (χ3v) is 6.85. The molecular formula is C21H21FN4O3S2. The maximum absolute atomic E-state index is 13.5. The number of nitrogens with one attached hydrogen (secondary N) is 1. The number of sulfonamides is 1. The topological polar surface area (TPSA) is 85.6 Å². The van der Waals surface area contributed by atoms with Gasteiger partial charge in [0.15, 0.2) is 5.82 Å². The predicted octanol–water partition coefficient (Wildman–Crippen LogP) is 3.91. The van der Waals surface area contributed by atoms with Gasteiger partial charge in [-0.1, -0.05) is 19.1 Å². The first-order valence-corrected chi connectivity index (χ1v) is 12.1. The fourth-order valence-electron chi connectivity index (χ4n) is 2.98. The van der Waals surface area contributed by atoms with Crippen LogP contribution in [-0.2, 0) is 16.4 Å². The van der Waals surface area contributed by atoms with Crippen molar-refractivity contribution >= 4 is 26.3 Å². The summed E-state index contributed by atoms with van der Waals surface area (Å²) in [6.45, 7) is 2.80. The smallest absolute Gasteiger partial charge is 0.240 e. The zero-order valence-corrected chi connectivity index (χ0v) is 18.4. The molecule has 0 aliphatic rings. The van der Waals surface area contributed by atoms with Crippen LogP contribution in [-0.4, -0.2) is 36.2 Å². The Kier molecular flexibility index (Phi) is 6.30. The molecule has 2 heterocycles. The van der Waals surface area contributed by atoms with E-state index in [-0.39, 0.29) is 17.3 Å². The van der Waals surface area contributed by atoms with E-state index in [0.717, 1.165) is 12.1 Å². The first-order valence-electron chi connectivity index (χ1n) is 9.78. The lowest BCUT2D eigenvalue weighted by atomic mass is 10.2. The van der Waals surface area contributed by atoms with Gasteiger partial charge in [0, 0.05) is 23.9 Å². The first kappa shape index (κ1) is 21.4. The summed E-state index contributed by atoms with van der Waals surface area (Å²) in [4.78, 5) is 5.28. The molecule has 2 aromatic heterocycles. The predicted molar refractivity (Wildman–Crippen MR) is 117 cm³/mol. The van der Waals surface area contributed by atoms with E-state index < -0.39 is 10.0 Å². The number of halogens is 1. The minimum Gasteiger partial charge on any atom is -0.494 e. The largest absolute Gasteiger partial charge is 0.494 e. The number of hydrogen-bond acceptors (Lipinski definition) is 6. The van der Waals surface area contributed by atoms with Crippen molar-refractivity contribution in [2.24, 2.45) is 0 Å². The van der Waals surface area contributed by atoms with Crippen molar-refractivity contribution < 1.29 is 17.5 Å². The molecule has 0 aliphatic carbocycles. The van der Waals surface area contributed by atoms with Gasteiger partial charge < -0.3 is 4.74 Å². The van der Waals surface area contributed by atoms with E-state index >= 15 is 0 Å². The SMILES string of the molecule is CCCOc1ccc(S(=O)(=O)NCCc2csc3nc(-c4cccc(F)c4)nn23)cc1. The van der Waals surface area contributed by atoms with E-state index in [9.17, 15) is 12.8 Å². The van der Waals surface area contributed by atoms with Crippen molar-refractivity contribution in [1.29, 1.82) is 0 Å². The monoisotopic (exact) mass is 460 g/mol. The summed E-state index contributed by atoms with van der Waals surface area (Å²) in [6, 6.07) is 12.5. The van der Waals surface area contributed by atoms with Gasteiger partial charge in [-0.3, -0.25) is 0 Å². The van der Waals surface area contributed by atoms with Crippen LogP contribution in [0.25, 0.3) is 16.3 Å². The van der Waals surface area contributed by atoms with Gasteiger partial charge in [-0.15, -0.1) is 16.4 Å². The molecule has 4 rings (SSSR count). The normalized spacial score (nSPS) is 11.8. The van der Waals surface area contributed by atoms with Crippen LogP contribution in [0.4, 0.5) is 4.39 Å². The molecule has 1 N–H and O–H groups in total. The molecule has 2 aromatic carbocycles. The van der Waals surface area contributed by atoms with Gasteiger partial charge >= 0.3 is 0 Å². The van der Waals surface area contributed by atoms with Gasteiger partial charge in [0.2, 0.25) is 15.0 Å². The molecule has 0 spiro atoms. The second kappa shape index (κ2) is 9.13. The van der Waals surface area contributed by atoms with Crippen molar-refractivity contribution in [2.45, 2.75) is 24.7 Å². The molecule has 31 heavy (non-hydrogen) atoms. The lowest BCUT2D eigenvalue weighted by molar-refractivity contribution is 0.317. The number of fused-ring (bicyclic) bond motifs is 1. The van der Waals surface area contributed by atoms with Crippen molar-refractivity contribution in [3.63, 3.8) is 0 Å². The van der Waals surface area contributed by atoms with E-state index in [4.69, 9.17) is 4.74 Å². The van der Waals surface area contributed by atoms with Gasteiger partial charge in [-0.05, 0) is 42.8 Å². The van der Waals surface area contributed by atoms with Gasteiger partial charge in [-0.2, -0.15) is 4.98 Å². The summed E-state index contributed by atoms with van der Waals surface area (Å²) in [6.07, 6.45) is 1.32. The summed E-state index contributed by atoms with van der Waals surface area (Å²) in [5.41, 5.74) is 1.41. The Morgan fingerprint density at radius 3 is 2.74 bits per heavy atom. The zero-order valence-electron chi connectivity index (χ0n) is 16.8. The molecule has 0 bridgehead atoms. The van der Waals surface area contributed by atoms with Gasteiger partial charge in [-0.25, -0.2) is 22.0 Å². The fourth-order valence-corrected chi connectivity index (χ4v) is 4.87. The lowest BCUT2D eigenvalue weighted by Crippen LogP contribution is -2.26. The van der Waals surface area contributed by atoms with E-state index in [1.54, 1.807) is 28.8 Å². The quantitative estimate of drug-likeness (QED) is 0.409. The number of benzene rings is 2. The van der Waals surface area contributed by atoms with Crippen LogP contribution in [0.1, 0.15) is 19.0 Å². The van der Waals surface area contributed by atoms with Crippen LogP contribution in [0.5, 0.6) is 5.75 Å². The lowest BCUT2D eigenvalue weighted by Gasteiger charge is -2.08. The summed E-state index contributed by atoms with van der Waals surface area (Å²) in [5, 5.41) is 6.34. The average molecular weight is 461 g/mol. The second-order valence-electron chi connectivity index (χ2n) is 6.83. The Morgan fingerprint density at radius 1 is 1.19 bits per heavy atom. The van der Waals surface area contributed by atoms with Gasteiger partial charge in [0.25, 0.3) is 0 Å². The average Bonchev–Trinajstić information content (AvgIpc) is 3.34. The van der Waals surface area contributed by atoms with Crippen molar-refractivity contribution in [2.75, 3.05) is 13.2 Å². The van der Waals surface area contributed by atoms with Crippen LogP contribution < -0.4 is 9.46 Å². The molecule has 7 nitrogen and oxygen atoms in total. The number of ether oxygens (including phenoxy) is 1. The van der Waals surface area contributed by atoms with Crippen LogP contribution >= 0.6 is 11.3 Å². The summed E-state index contributed by atoms with van der Waals surface area (Å²) in [5.74, 6) is 0.718. The van der Waals surface area contributed by atoms with Crippen LogP contribution in [0.15, 0.2) is 58.8 Å². The molecule has 0 fully saturated rings. The minimum absolute atomic E-state index is 0.181. The highest BCUT2D eigenvalue weighted by Gasteiger charge is 2.16. The number of aromatic nitrogens is 3. The highest BCUT2D eigenvalue weighted by Crippen LogP contribution is 2.22. The van der Waals surface area contributed by atoms with E-state index in [2.05, 4.69) is 14.8 Å². The Hall–Kier alpha value is -2.82. The van der Waals surface area contributed by atoms with Gasteiger partial charge in [0.1, 0.15) is 11.6 Å². The van der Waals surface area contributed by atoms with Gasteiger partial charge in [0.05, 0.1) is 17.2 Å². The van der Waals surface area contributed by atoms with Crippen LogP contribution in [0.3, 0.4) is 0 Å². The number of hydrogen-bond donors (Lipinski definition) is 1. The highest BCUT2D eigenvalue weighted by molar-refractivity contribution is 7.89. The summed E-state index contributed by atoms with van der Waals surface area (Å²) >= 11 is 1.40. The Labute approximate surface area is 183 Å². The van der Waals surface area contributed by atoms with Crippen molar-refractivity contribution in [3.05, 3.63) is 65.4 Å². The molecule has 0 amide bonds. The zero-order chi connectivity index (χ0) is 21.8. The van der Waals surface area contributed by atoms with E-state index in [1.807, 2.05) is 12.3 Å². The fraction of sp³-hybridized carbons (Fsp3) is 0.238. The Morgan fingerprint density at radius 2 is 2.00 bits per heavy atom. The molecule has 10 heteroatoms. The molecule has 0 saturated heterocycles. The molecule has 0 atom stereocenters. The van der Waals surface area contributed by atoms with Crippen molar-refractivity contribution in [1.82, 2.24) is 19.3 Å². The van der Waals surface area contributed by atoms with E-state index in [0.29, 0.717) is 35.1 Å². The minimum atomic E-state index is -3.64. The van der Waals surface area contributed by atoms with E-state index in [1.165, 1.54) is 35.6 Å². The molecule has 162 valence electrons. The van der Waals surface area contributed by atoms with Crippen LogP contribution in [0, 0.1) is 5.82 Å². The molecule has 4 aromatic rings. The molecule has 0 radical (unpaired) electrons. The van der Waals surface area contributed by atoms with Crippen molar-refractivity contribution in [3.8, 4) is 17.1 Å². The first-order chi connectivity index (χ1) is 15.0. The highest BCUT2D eigenvalue weighted by atomic mass is 32.2. The number of rotatable bonds is 9. The van der Waals surface area contributed by atoms with Crippen LogP contribution in [0.2, 0.25) is 0 Å². The molecule has 0 unspecified atom stereocenters. The standard InChI is InChI=1S/C21H21FN4O3S2/c1-2-12-29-18-6-8-19(9-7-18)31(27,28)23-11-10-17-14-30-21-24-20(25-26(17)21)15-4-3-5-16(22)13-15/h3-9,13-14,23H,2,10-12H2,1H3. The molecular weight excluding hydrogens is 439 g/mol. The summed E-state index contributed by atoms with van der Waals surface area (Å²) in [7, 11) is -3.64. The molecule has 0 saturated carbocycles. The Bertz CT molecular complexity index is 1280. The third kappa shape index (κ3) is 4.92. The Balaban J connectivity index is 1.42.